The van der Waals surface area contributed by atoms with Gasteiger partial charge in [-0.15, -0.1) is 0 Å². The fourth-order valence-corrected chi connectivity index (χ4v) is 4.16. The minimum absolute atomic E-state index is 0.214. The summed E-state index contributed by atoms with van der Waals surface area (Å²) in [7, 11) is -2.11. The molecule has 8 nitrogen and oxygen atoms in total. The Bertz CT molecular complexity index is 739. The maximum Gasteiger partial charge on any atom is 0.273 e. The number of H-pyrrole nitrogens is 1. The molecule has 11 heteroatoms. The second-order valence-corrected chi connectivity index (χ2v) is 9.33. The van der Waals surface area contributed by atoms with Crippen molar-refractivity contribution in [1.82, 2.24) is 15.5 Å². The lowest BCUT2D eigenvalue weighted by molar-refractivity contribution is 0.0935. The van der Waals surface area contributed by atoms with Crippen LogP contribution < -0.4 is 5.32 Å². The van der Waals surface area contributed by atoms with Crippen LogP contribution in [0.5, 0.6) is 0 Å². The first-order valence-corrected chi connectivity index (χ1v) is 10.3. The molecular formula is C10H16ClN3O5S2. The number of aromatic nitrogens is 2. The first kappa shape index (κ1) is 17.9. The third kappa shape index (κ3) is 4.97. The van der Waals surface area contributed by atoms with Crippen molar-refractivity contribution in [3.63, 3.8) is 0 Å². The van der Waals surface area contributed by atoms with Crippen molar-refractivity contribution in [2.75, 3.05) is 12.0 Å². The molecule has 0 radical (unpaired) electrons. The number of hydrogen-bond donors (Lipinski definition) is 2. The van der Waals surface area contributed by atoms with Gasteiger partial charge >= 0.3 is 0 Å². The summed E-state index contributed by atoms with van der Waals surface area (Å²) in [4.78, 5) is 11.6. The van der Waals surface area contributed by atoms with E-state index < -0.39 is 30.8 Å². The van der Waals surface area contributed by atoms with Gasteiger partial charge in [0.05, 0.1) is 11.4 Å². The van der Waals surface area contributed by atoms with E-state index in [2.05, 4.69) is 15.5 Å². The fraction of sp³-hybridized carbons (Fsp3) is 0.600. The van der Waals surface area contributed by atoms with E-state index in [1.807, 2.05) is 0 Å². The third-order valence-electron chi connectivity index (χ3n) is 2.53. The van der Waals surface area contributed by atoms with E-state index in [0.29, 0.717) is 6.42 Å². The lowest BCUT2D eigenvalue weighted by Gasteiger charge is -2.12. The standard InChI is InChI=1S/C10H16ClN3O5S2/c1-4-7-9(21(11,18)19)8(14-13-7)10(15)12-6(2)5-20(3,16)17/h6H,4-5H2,1-3H3,(H,12,15)(H,13,14). The van der Waals surface area contributed by atoms with E-state index in [-0.39, 0.29) is 22.0 Å². The molecular weight excluding hydrogens is 342 g/mol. The average Bonchev–Trinajstić information content (AvgIpc) is 2.68. The average molecular weight is 358 g/mol. The highest BCUT2D eigenvalue weighted by Crippen LogP contribution is 2.22. The number of nitrogens with zero attached hydrogens (tertiary/aromatic N) is 1. The van der Waals surface area contributed by atoms with Gasteiger partial charge in [-0.05, 0) is 13.3 Å². The van der Waals surface area contributed by atoms with Gasteiger partial charge in [0.2, 0.25) is 0 Å². The van der Waals surface area contributed by atoms with Crippen molar-refractivity contribution in [3.05, 3.63) is 11.4 Å². The Morgan fingerprint density at radius 3 is 2.38 bits per heavy atom. The summed E-state index contributed by atoms with van der Waals surface area (Å²) < 4.78 is 45.4. The number of halogens is 1. The van der Waals surface area contributed by atoms with Gasteiger partial charge in [0.15, 0.2) is 5.69 Å². The topological polar surface area (TPSA) is 126 Å². The Labute approximate surface area is 127 Å². The van der Waals surface area contributed by atoms with Crippen molar-refractivity contribution in [3.8, 4) is 0 Å². The van der Waals surface area contributed by atoms with Crippen LogP contribution in [0.2, 0.25) is 0 Å². The molecule has 1 aromatic heterocycles. The molecule has 0 saturated heterocycles. The molecule has 1 amide bonds. The lowest BCUT2D eigenvalue weighted by Crippen LogP contribution is -2.38. The van der Waals surface area contributed by atoms with Gasteiger partial charge in [0.25, 0.3) is 15.0 Å². The van der Waals surface area contributed by atoms with E-state index in [1.54, 1.807) is 6.92 Å². The highest BCUT2D eigenvalue weighted by Gasteiger charge is 2.28. The zero-order valence-electron chi connectivity index (χ0n) is 11.7. The van der Waals surface area contributed by atoms with E-state index in [9.17, 15) is 21.6 Å². The van der Waals surface area contributed by atoms with Crippen LogP contribution in [0, 0.1) is 0 Å². The van der Waals surface area contributed by atoms with E-state index in [4.69, 9.17) is 10.7 Å². The second-order valence-electron chi connectivity index (χ2n) is 4.64. The number of rotatable bonds is 6. The largest absolute Gasteiger partial charge is 0.347 e. The van der Waals surface area contributed by atoms with Crippen LogP contribution in [0.4, 0.5) is 0 Å². The highest BCUT2D eigenvalue weighted by molar-refractivity contribution is 8.13. The molecule has 1 rings (SSSR count). The van der Waals surface area contributed by atoms with Crippen LogP contribution in [-0.2, 0) is 25.3 Å². The van der Waals surface area contributed by atoms with Crippen molar-refractivity contribution in [1.29, 1.82) is 0 Å². The monoisotopic (exact) mass is 357 g/mol. The Morgan fingerprint density at radius 2 is 1.95 bits per heavy atom. The molecule has 1 unspecified atom stereocenters. The number of sulfone groups is 1. The summed E-state index contributed by atoms with van der Waals surface area (Å²) in [5.41, 5.74) is -0.159. The van der Waals surface area contributed by atoms with Crippen LogP contribution in [0.25, 0.3) is 0 Å². The third-order valence-corrected chi connectivity index (χ3v) is 5.03. The molecule has 0 aliphatic rings. The molecule has 1 atom stereocenters. The highest BCUT2D eigenvalue weighted by atomic mass is 35.7. The Morgan fingerprint density at radius 1 is 1.38 bits per heavy atom. The number of nitrogens with one attached hydrogen (secondary N) is 2. The van der Waals surface area contributed by atoms with Crippen LogP contribution >= 0.6 is 10.7 Å². The molecule has 0 bridgehead atoms. The molecule has 0 spiro atoms. The molecule has 0 aliphatic carbocycles. The lowest BCUT2D eigenvalue weighted by atomic mass is 10.3. The minimum atomic E-state index is -4.15. The Kier molecular flexibility index (Phi) is 5.40. The normalized spacial score (nSPS) is 13.9. The zero-order chi connectivity index (χ0) is 16.4. The number of aromatic amines is 1. The SMILES string of the molecule is CCc1[nH]nc(C(=O)NC(C)CS(C)(=O)=O)c1S(=O)(=O)Cl. The summed E-state index contributed by atoms with van der Waals surface area (Å²) >= 11 is 0. The van der Waals surface area contributed by atoms with Gasteiger partial charge in [-0.25, -0.2) is 16.8 Å². The predicted molar refractivity (Wildman–Crippen MR) is 77.6 cm³/mol. The second kappa shape index (κ2) is 6.32. The number of carbonyl (C=O) groups is 1. The Hall–Kier alpha value is -1.13. The van der Waals surface area contributed by atoms with Gasteiger partial charge in [0, 0.05) is 23.0 Å². The van der Waals surface area contributed by atoms with Crippen LogP contribution in [0.1, 0.15) is 30.0 Å². The van der Waals surface area contributed by atoms with Crippen molar-refractivity contribution in [2.24, 2.45) is 0 Å². The van der Waals surface area contributed by atoms with Gasteiger partial charge < -0.3 is 5.32 Å². The summed E-state index contributed by atoms with van der Waals surface area (Å²) in [5.74, 6) is -1.08. The smallest absolute Gasteiger partial charge is 0.273 e. The predicted octanol–water partition coefficient (Wildman–Crippen LogP) is 0.0625. The molecule has 0 saturated carbocycles. The maximum absolute atomic E-state index is 12.0. The van der Waals surface area contributed by atoms with E-state index in [0.717, 1.165) is 6.26 Å². The zero-order valence-corrected chi connectivity index (χ0v) is 14.1. The fourth-order valence-electron chi connectivity index (χ4n) is 1.81. The van der Waals surface area contributed by atoms with Crippen molar-refractivity contribution in [2.45, 2.75) is 31.2 Å². The molecule has 0 fully saturated rings. The Balaban J connectivity index is 3.07. The van der Waals surface area contributed by atoms with Gasteiger partial charge in [0.1, 0.15) is 14.7 Å². The van der Waals surface area contributed by atoms with E-state index >= 15 is 0 Å². The summed E-state index contributed by atoms with van der Waals surface area (Å²) in [5, 5.41) is 8.47. The maximum atomic E-state index is 12.0. The van der Waals surface area contributed by atoms with Crippen molar-refractivity contribution < 1.29 is 21.6 Å². The van der Waals surface area contributed by atoms with Crippen LogP contribution in [0.3, 0.4) is 0 Å². The van der Waals surface area contributed by atoms with Gasteiger partial charge in [-0.2, -0.15) is 5.10 Å². The quantitative estimate of drug-likeness (QED) is 0.693. The summed E-state index contributed by atoms with van der Waals surface area (Å²) in [6.45, 7) is 3.16. The number of aryl methyl sites for hydroxylation is 1. The van der Waals surface area contributed by atoms with Crippen molar-refractivity contribution >= 4 is 35.5 Å². The van der Waals surface area contributed by atoms with Crippen LogP contribution in [-0.4, -0.2) is 51.0 Å². The molecule has 120 valence electrons. The van der Waals surface area contributed by atoms with Crippen LogP contribution in [0.15, 0.2) is 4.90 Å². The van der Waals surface area contributed by atoms with Gasteiger partial charge in [-0.1, -0.05) is 6.92 Å². The minimum Gasteiger partial charge on any atom is -0.347 e. The molecule has 2 N–H and O–H groups in total. The summed E-state index contributed by atoms with van der Waals surface area (Å²) in [6, 6.07) is -0.694. The molecule has 0 aliphatic heterocycles. The first-order valence-electron chi connectivity index (χ1n) is 5.96. The first-order chi connectivity index (χ1) is 9.45. The number of amides is 1. The van der Waals surface area contributed by atoms with Gasteiger partial charge in [-0.3, -0.25) is 9.89 Å². The number of carbonyl (C=O) groups excluding carboxylic acids is 1. The summed E-state index contributed by atoms with van der Waals surface area (Å²) in [6.07, 6.45) is 1.33. The molecule has 0 aromatic carbocycles. The molecule has 21 heavy (non-hydrogen) atoms. The molecule has 1 heterocycles. The number of hydrogen-bond acceptors (Lipinski definition) is 6. The molecule has 1 aromatic rings. The van der Waals surface area contributed by atoms with E-state index in [1.165, 1.54) is 6.92 Å².